The Morgan fingerprint density at radius 2 is 2.16 bits per heavy atom. The predicted octanol–water partition coefficient (Wildman–Crippen LogP) is 4.50. The number of rotatable bonds is 4. The fraction of sp³-hybridized carbons (Fsp3) is 0.158. The average Bonchev–Trinajstić information content (AvgIpc) is 2.94. The normalized spacial score (nSPS) is 11.5. The largest absolute Gasteiger partial charge is 0.503 e. The highest BCUT2D eigenvalue weighted by Crippen LogP contribution is 2.36. The molecular formula is C19H16BrN3O2. The van der Waals surface area contributed by atoms with Crippen LogP contribution in [0.5, 0.6) is 11.5 Å². The van der Waals surface area contributed by atoms with Crippen LogP contribution in [0.15, 0.2) is 40.9 Å². The number of hydrogen-bond acceptors (Lipinski definition) is 4. The summed E-state index contributed by atoms with van der Waals surface area (Å²) in [4.78, 5) is 4.56. The van der Waals surface area contributed by atoms with Crippen LogP contribution in [0.3, 0.4) is 0 Å². The number of phenolic OH excluding ortho intramolecular Hbond substituents is 1. The Kier molecular flexibility index (Phi) is 4.77. The van der Waals surface area contributed by atoms with E-state index in [1.807, 2.05) is 42.8 Å². The average molecular weight is 398 g/mol. The summed E-state index contributed by atoms with van der Waals surface area (Å²) < 4.78 is 7.84. The molecule has 0 atom stereocenters. The van der Waals surface area contributed by atoms with Crippen molar-refractivity contribution in [2.75, 3.05) is 6.61 Å². The third-order valence-electron chi connectivity index (χ3n) is 3.81. The Balaban J connectivity index is 2.12. The molecule has 0 radical (unpaired) electrons. The Labute approximate surface area is 153 Å². The van der Waals surface area contributed by atoms with Crippen molar-refractivity contribution in [3.8, 4) is 17.6 Å². The second-order valence-electron chi connectivity index (χ2n) is 5.44. The molecule has 0 amide bonds. The van der Waals surface area contributed by atoms with Crippen LogP contribution >= 0.6 is 15.9 Å². The maximum absolute atomic E-state index is 10.0. The standard InChI is InChI=1S/C19H16BrN3O2/c1-3-25-17-10-12(9-14(20)18(17)24)8-13(11-21)19-22-15-6-4-5-7-16(15)23(19)2/h4-10,24H,3H2,1-2H3. The molecule has 6 heteroatoms. The summed E-state index contributed by atoms with van der Waals surface area (Å²) in [7, 11) is 1.88. The summed E-state index contributed by atoms with van der Waals surface area (Å²) in [5.74, 6) is 0.997. The number of ether oxygens (including phenoxy) is 1. The zero-order valence-corrected chi connectivity index (χ0v) is 15.4. The lowest BCUT2D eigenvalue weighted by Gasteiger charge is -2.09. The van der Waals surface area contributed by atoms with Gasteiger partial charge in [0.05, 0.1) is 27.7 Å². The summed E-state index contributed by atoms with van der Waals surface area (Å²) in [6.07, 6.45) is 1.73. The SMILES string of the molecule is CCOc1cc(C=C(C#N)c2nc3ccccc3n2C)cc(Br)c1O. The van der Waals surface area contributed by atoms with Gasteiger partial charge in [-0.1, -0.05) is 12.1 Å². The molecule has 0 aliphatic carbocycles. The van der Waals surface area contributed by atoms with Crippen LogP contribution in [0, 0.1) is 11.3 Å². The molecule has 0 bridgehead atoms. The maximum Gasteiger partial charge on any atom is 0.172 e. The van der Waals surface area contributed by atoms with Gasteiger partial charge in [0.25, 0.3) is 0 Å². The van der Waals surface area contributed by atoms with Gasteiger partial charge in [-0.2, -0.15) is 5.26 Å². The fourth-order valence-electron chi connectivity index (χ4n) is 2.64. The van der Waals surface area contributed by atoms with Crippen molar-refractivity contribution in [1.82, 2.24) is 9.55 Å². The third kappa shape index (κ3) is 3.24. The molecule has 0 aliphatic heterocycles. The van der Waals surface area contributed by atoms with Crippen LogP contribution in [-0.2, 0) is 7.05 Å². The smallest absolute Gasteiger partial charge is 0.172 e. The summed E-state index contributed by atoms with van der Waals surface area (Å²) in [5.41, 5.74) is 2.96. The lowest BCUT2D eigenvalue weighted by Crippen LogP contribution is -1.96. The Morgan fingerprint density at radius 1 is 1.40 bits per heavy atom. The van der Waals surface area contributed by atoms with E-state index in [9.17, 15) is 10.4 Å². The minimum atomic E-state index is 0.0419. The van der Waals surface area contributed by atoms with Crippen molar-refractivity contribution in [3.05, 3.63) is 52.3 Å². The predicted molar refractivity (Wildman–Crippen MR) is 101 cm³/mol. The first kappa shape index (κ1) is 17.1. The van der Waals surface area contributed by atoms with E-state index in [0.717, 1.165) is 16.6 Å². The van der Waals surface area contributed by atoms with Gasteiger partial charge < -0.3 is 14.4 Å². The van der Waals surface area contributed by atoms with E-state index in [1.165, 1.54) is 0 Å². The van der Waals surface area contributed by atoms with E-state index in [2.05, 4.69) is 27.0 Å². The first-order valence-corrected chi connectivity index (χ1v) is 8.53. The number of fused-ring (bicyclic) bond motifs is 1. The fourth-order valence-corrected chi connectivity index (χ4v) is 3.10. The number of aryl methyl sites for hydroxylation is 1. The highest BCUT2D eigenvalue weighted by Gasteiger charge is 2.13. The highest BCUT2D eigenvalue weighted by atomic mass is 79.9. The van der Waals surface area contributed by atoms with Crippen molar-refractivity contribution in [1.29, 1.82) is 5.26 Å². The van der Waals surface area contributed by atoms with Gasteiger partial charge >= 0.3 is 0 Å². The number of aromatic nitrogens is 2. The van der Waals surface area contributed by atoms with E-state index in [-0.39, 0.29) is 5.75 Å². The molecule has 1 N–H and O–H groups in total. The monoisotopic (exact) mass is 397 g/mol. The van der Waals surface area contributed by atoms with E-state index >= 15 is 0 Å². The van der Waals surface area contributed by atoms with E-state index in [4.69, 9.17) is 4.74 Å². The molecule has 3 aromatic rings. The van der Waals surface area contributed by atoms with Crippen LogP contribution in [-0.4, -0.2) is 21.3 Å². The number of aromatic hydroxyl groups is 1. The molecule has 3 rings (SSSR count). The van der Waals surface area contributed by atoms with E-state index in [1.54, 1.807) is 18.2 Å². The van der Waals surface area contributed by atoms with Gasteiger partial charge in [0, 0.05) is 7.05 Å². The number of phenols is 1. The number of hydrogen-bond donors (Lipinski definition) is 1. The van der Waals surface area contributed by atoms with Gasteiger partial charge in [-0.15, -0.1) is 0 Å². The molecule has 2 aromatic carbocycles. The molecule has 0 unspecified atom stereocenters. The van der Waals surface area contributed by atoms with E-state index < -0.39 is 0 Å². The maximum atomic E-state index is 10.0. The molecule has 0 fully saturated rings. The number of imidazole rings is 1. The zero-order chi connectivity index (χ0) is 18.0. The third-order valence-corrected chi connectivity index (χ3v) is 4.41. The summed E-state index contributed by atoms with van der Waals surface area (Å²) >= 11 is 3.31. The molecule has 5 nitrogen and oxygen atoms in total. The van der Waals surface area contributed by atoms with Gasteiger partial charge in [-0.3, -0.25) is 0 Å². The molecule has 0 saturated carbocycles. The van der Waals surface area contributed by atoms with Gasteiger partial charge in [0.1, 0.15) is 6.07 Å². The van der Waals surface area contributed by atoms with Crippen LogP contribution < -0.4 is 4.74 Å². The van der Waals surface area contributed by atoms with Crippen LogP contribution in [0.1, 0.15) is 18.3 Å². The molecule has 25 heavy (non-hydrogen) atoms. The highest BCUT2D eigenvalue weighted by molar-refractivity contribution is 9.10. The van der Waals surface area contributed by atoms with Crippen molar-refractivity contribution in [2.45, 2.75) is 6.92 Å². The quantitative estimate of drug-likeness (QED) is 0.657. The van der Waals surface area contributed by atoms with Crippen LogP contribution in [0.25, 0.3) is 22.7 Å². The molecule has 0 aliphatic rings. The lowest BCUT2D eigenvalue weighted by molar-refractivity contribution is 0.317. The van der Waals surface area contributed by atoms with Crippen molar-refractivity contribution in [3.63, 3.8) is 0 Å². The van der Waals surface area contributed by atoms with Crippen molar-refractivity contribution in [2.24, 2.45) is 7.05 Å². The Hall–Kier alpha value is -2.78. The zero-order valence-electron chi connectivity index (χ0n) is 13.8. The second-order valence-corrected chi connectivity index (χ2v) is 6.29. The van der Waals surface area contributed by atoms with Gasteiger partial charge in [-0.05, 0) is 58.8 Å². The summed E-state index contributed by atoms with van der Waals surface area (Å²) in [6, 6.07) is 13.4. The summed E-state index contributed by atoms with van der Waals surface area (Å²) in [6.45, 7) is 2.28. The molecular weight excluding hydrogens is 382 g/mol. The van der Waals surface area contributed by atoms with Crippen LogP contribution in [0.4, 0.5) is 0 Å². The lowest BCUT2D eigenvalue weighted by atomic mass is 10.1. The van der Waals surface area contributed by atoms with Gasteiger partial charge in [-0.25, -0.2) is 4.98 Å². The summed E-state index contributed by atoms with van der Waals surface area (Å²) in [5, 5.41) is 19.6. The minimum absolute atomic E-state index is 0.0419. The number of nitriles is 1. The number of para-hydroxylation sites is 2. The number of benzene rings is 2. The van der Waals surface area contributed by atoms with Gasteiger partial charge in [0.15, 0.2) is 17.3 Å². The molecule has 1 heterocycles. The van der Waals surface area contributed by atoms with Crippen LogP contribution in [0.2, 0.25) is 0 Å². The minimum Gasteiger partial charge on any atom is -0.503 e. The Morgan fingerprint density at radius 3 is 2.84 bits per heavy atom. The number of nitrogens with zero attached hydrogens (tertiary/aromatic N) is 3. The molecule has 126 valence electrons. The molecule has 0 saturated heterocycles. The van der Waals surface area contributed by atoms with E-state index in [0.29, 0.717) is 28.2 Å². The number of halogens is 1. The first-order chi connectivity index (χ1) is 12.0. The van der Waals surface area contributed by atoms with Crippen molar-refractivity contribution < 1.29 is 9.84 Å². The topological polar surface area (TPSA) is 71.1 Å². The Bertz CT molecular complexity index is 1020. The first-order valence-electron chi connectivity index (χ1n) is 7.74. The number of allylic oxidation sites excluding steroid dienone is 1. The molecule has 1 aromatic heterocycles. The van der Waals surface area contributed by atoms with Gasteiger partial charge in [0.2, 0.25) is 0 Å². The second kappa shape index (κ2) is 6.99. The molecule has 0 spiro atoms. The van der Waals surface area contributed by atoms with Crippen molar-refractivity contribution >= 4 is 38.6 Å².